The van der Waals surface area contributed by atoms with Crippen molar-refractivity contribution in [1.82, 2.24) is 10.6 Å². The van der Waals surface area contributed by atoms with E-state index in [4.69, 9.17) is 11.6 Å². The van der Waals surface area contributed by atoms with E-state index < -0.39 is 0 Å². The van der Waals surface area contributed by atoms with Crippen LogP contribution in [0.4, 0.5) is 4.39 Å². The third-order valence-corrected chi connectivity index (χ3v) is 3.65. The van der Waals surface area contributed by atoms with Crippen molar-refractivity contribution in [3.8, 4) is 0 Å². The molecule has 1 fully saturated rings. The Hall–Kier alpha value is -0.640. The van der Waals surface area contributed by atoms with Gasteiger partial charge >= 0.3 is 0 Å². The molecule has 0 bridgehead atoms. The van der Waals surface area contributed by atoms with Crippen LogP contribution >= 0.6 is 11.6 Å². The van der Waals surface area contributed by atoms with Crippen LogP contribution in [0.1, 0.15) is 24.4 Å². The first-order chi connectivity index (χ1) is 8.20. The summed E-state index contributed by atoms with van der Waals surface area (Å²) < 4.78 is 13.8. The summed E-state index contributed by atoms with van der Waals surface area (Å²) in [6, 6.07) is 4.79. The van der Waals surface area contributed by atoms with Crippen LogP contribution in [0.5, 0.6) is 0 Å². The fourth-order valence-corrected chi connectivity index (χ4v) is 2.61. The van der Waals surface area contributed by atoms with Crippen molar-refractivity contribution < 1.29 is 4.39 Å². The Kier molecular flexibility index (Phi) is 4.37. The average molecular weight is 257 g/mol. The van der Waals surface area contributed by atoms with Crippen molar-refractivity contribution in [3.63, 3.8) is 0 Å². The van der Waals surface area contributed by atoms with E-state index in [2.05, 4.69) is 10.6 Å². The monoisotopic (exact) mass is 256 g/mol. The zero-order valence-corrected chi connectivity index (χ0v) is 10.7. The van der Waals surface area contributed by atoms with Gasteiger partial charge in [0.25, 0.3) is 0 Å². The van der Waals surface area contributed by atoms with Gasteiger partial charge in [-0.25, -0.2) is 4.39 Å². The van der Waals surface area contributed by atoms with Gasteiger partial charge in [-0.05, 0) is 57.1 Å². The third-order valence-electron chi connectivity index (χ3n) is 3.41. The second-order valence-corrected chi connectivity index (χ2v) is 5.04. The second kappa shape index (κ2) is 5.80. The first kappa shape index (κ1) is 12.8. The molecule has 1 saturated heterocycles. The lowest BCUT2D eigenvalue weighted by Crippen LogP contribution is -2.22. The molecule has 2 atom stereocenters. The molecular formula is C13H18ClFN2. The summed E-state index contributed by atoms with van der Waals surface area (Å²) in [6.45, 7) is 2.10. The normalized spacial score (nSPS) is 21.7. The molecular weight excluding hydrogens is 239 g/mol. The van der Waals surface area contributed by atoms with Crippen molar-refractivity contribution in [3.05, 3.63) is 34.6 Å². The van der Waals surface area contributed by atoms with Crippen molar-refractivity contribution in [2.45, 2.75) is 18.9 Å². The lowest BCUT2D eigenvalue weighted by atomic mass is 9.94. The summed E-state index contributed by atoms with van der Waals surface area (Å²) in [5, 5.41) is 7.11. The topological polar surface area (TPSA) is 24.1 Å². The fourth-order valence-electron chi connectivity index (χ4n) is 2.43. The molecule has 0 spiro atoms. The summed E-state index contributed by atoms with van der Waals surface area (Å²) in [6.07, 6.45) is 2.11. The first-order valence-electron chi connectivity index (χ1n) is 6.03. The van der Waals surface area contributed by atoms with E-state index >= 15 is 0 Å². The van der Waals surface area contributed by atoms with Crippen molar-refractivity contribution in [2.24, 2.45) is 5.92 Å². The van der Waals surface area contributed by atoms with Gasteiger partial charge in [-0.15, -0.1) is 0 Å². The maximum absolute atomic E-state index is 13.8. The average Bonchev–Trinajstić information content (AvgIpc) is 2.82. The number of hydrogen-bond donors (Lipinski definition) is 2. The van der Waals surface area contributed by atoms with Crippen LogP contribution in [0.2, 0.25) is 5.02 Å². The van der Waals surface area contributed by atoms with Gasteiger partial charge in [0.2, 0.25) is 0 Å². The van der Waals surface area contributed by atoms with Gasteiger partial charge in [-0.2, -0.15) is 0 Å². The van der Waals surface area contributed by atoms with E-state index in [-0.39, 0.29) is 11.9 Å². The number of halogens is 2. The van der Waals surface area contributed by atoms with Gasteiger partial charge in [0.15, 0.2) is 0 Å². The molecule has 2 unspecified atom stereocenters. The van der Waals surface area contributed by atoms with E-state index in [0.29, 0.717) is 16.5 Å². The molecule has 2 rings (SSSR count). The van der Waals surface area contributed by atoms with Crippen LogP contribution in [-0.2, 0) is 0 Å². The van der Waals surface area contributed by atoms with Crippen LogP contribution in [0, 0.1) is 11.7 Å². The molecule has 0 aromatic heterocycles. The van der Waals surface area contributed by atoms with Gasteiger partial charge in [-0.3, -0.25) is 0 Å². The smallest absolute Gasteiger partial charge is 0.128 e. The van der Waals surface area contributed by atoms with Crippen LogP contribution < -0.4 is 10.6 Å². The van der Waals surface area contributed by atoms with Crippen LogP contribution in [0.25, 0.3) is 0 Å². The van der Waals surface area contributed by atoms with E-state index in [9.17, 15) is 4.39 Å². The lowest BCUT2D eigenvalue weighted by molar-refractivity contribution is 0.418. The molecule has 2 N–H and O–H groups in total. The minimum absolute atomic E-state index is 0.0404. The highest BCUT2D eigenvalue weighted by Crippen LogP contribution is 2.28. The summed E-state index contributed by atoms with van der Waals surface area (Å²) in [4.78, 5) is 0. The number of rotatable bonds is 4. The molecule has 2 nitrogen and oxygen atoms in total. The van der Waals surface area contributed by atoms with E-state index in [0.717, 1.165) is 19.5 Å². The van der Waals surface area contributed by atoms with Gasteiger partial charge in [-0.1, -0.05) is 11.6 Å². The van der Waals surface area contributed by atoms with E-state index in [1.54, 1.807) is 12.1 Å². The van der Waals surface area contributed by atoms with Gasteiger partial charge in [0.1, 0.15) is 5.82 Å². The summed E-state index contributed by atoms with van der Waals surface area (Å²) in [5.74, 6) is 0.436. The quantitative estimate of drug-likeness (QED) is 0.866. The SMILES string of the molecule is CNC(CC1CCNC1)c1cc(Cl)ccc1F. The van der Waals surface area contributed by atoms with Crippen molar-refractivity contribution in [1.29, 1.82) is 0 Å². The number of hydrogen-bond acceptors (Lipinski definition) is 2. The maximum Gasteiger partial charge on any atom is 0.128 e. The Morgan fingerprint density at radius 2 is 2.41 bits per heavy atom. The minimum atomic E-state index is -0.181. The fraction of sp³-hybridized carbons (Fsp3) is 0.538. The highest BCUT2D eigenvalue weighted by atomic mass is 35.5. The van der Waals surface area contributed by atoms with Crippen molar-refractivity contribution >= 4 is 11.6 Å². The Labute approximate surface area is 107 Å². The molecule has 0 amide bonds. The Balaban J connectivity index is 2.13. The van der Waals surface area contributed by atoms with Crippen LogP contribution in [-0.4, -0.2) is 20.1 Å². The van der Waals surface area contributed by atoms with Crippen LogP contribution in [0.3, 0.4) is 0 Å². The molecule has 0 aliphatic carbocycles. The maximum atomic E-state index is 13.8. The number of nitrogens with one attached hydrogen (secondary N) is 2. The van der Waals surface area contributed by atoms with Crippen molar-refractivity contribution in [2.75, 3.05) is 20.1 Å². The molecule has 17 heavy (non-hydrogen) atoms. The van der Waals surface area contributed by atoms with E-state index in [1.165, 1.54) is 12.5 Å². The highest BCUT2D eigenvalue weighted by molar-refractivity contribution is 6.30. The predicted molar refractivity (Wildman–Crippen MR) is 68.8 cm³/mol. The zero-order chi connectivity index (χ0) is 12.3. The Bertz CT molecular complexity index is 378. The standard InChI is InChI=1S/C13H18ClFN2/c1-16-13(6-9-4-5-17-8-9)11-7-10(14)2-3-12(11)15/h2-3,7,9,13,16-17H,4-6,8H2,1H3. The molecule has 0 radical (unpaired) electrons. The Morgan fingerprint density at radius 1 is 1.59 bits per heavy atom. The largest absolute Gasteiger partial charge is 0.316 e. The van der Waals surface area contributed by atoms with E-state index in [1.807, 2.05) is 7.05 Å². The molecule has 4 heteroatoms. The zero-order valence-electron chi connectivity index (χ0n) is 9.97. The molecule has 1 aliphatic rings. The molecule has 1 aliphatic heterocycles. The van der Waals surface area contributed by atoms with Crippen LogP contribution in [0.15, 0.2) is 18.2 Å². The highest BCUT2D eigenvalue weighted by Gasteiger charge is 2.22. The molecule has 0 saturated carbocycles. The molecule has 94 valence electrons. The van der Waals surface area contributed by atoms with Gasteiger partial charge in [0, 0.05) is 16.6 Å². The first-order valence-corrected chi connectivity index (χ1v) is 6.41. The minimum Gasteiger partial charge on any atom is -0.316 e. The predicted octanol–water partition coefficient (Wildman–Crippen LogP) is 2.74. The van der Waals surface area contributed by atoms with Gasteiger partial charge < -0.3 is 10.6 Å². The second-order valence-electron chi connectivity index (χ2n) is 4.60. The Morgan fingerprint density at radius 3 is 3.06 bits per heavy atom. The molecule has 1 heterocycles. The summed E-state index contributed by atoms with van der Waals surface area (Å²) in [5.41, 5.74) is 0.673. The molecule has 1 aromatic carbocycles. The molecule has 1 aromatic rings. The van der Waals surface area contributed by atoms with Gasteiger partial charge in [0.05, 0.1) is 0 Å². The number of benzene rings is 1. The summed E-state index contributed by atoms with van der Waals surface area (Å²) >= 11 is 5.93. The summed E-state index contributed by atoms with van der Waals surface area (Å²) in [7, 11) is 1.87. The lowest BCUT2D eigenvalue weighted by Gasteiger charge is -2.20. The third kappa shape index (κ3) is 3.18.